The average Bonchev–Trinajstić information content (AvgIpc) is 2.43. The molecule has 1 N–H and O–H groups in total. The van der Waals surface area contributed by atoms with Crippen molar-refractivity contribution in [2.75, 3.05) is 24.7 Å². The summed E-state index contributed by atoms with van der Waals surface area (Å²) in [5, 5.41) is 5.42. The molecule has 0 unspecified atom stereocenters. The van der Waals surface area contributed by atoms with Crippen LogP contribution in [0.3, 0.4) is 0 Å². The van der Waals surface area contributed by atoms with Gasteiger partial charge in [0.15, 0.2) is 0 Å². The first-order valence-electron chi connectivity index (χ1n) is 6.43. The molecule has 2 nitrogen and oxygen atoms in total. The number of thiol groups is 2. The van der Waals surface area contributed by atoms with Gasteiger partial charge in [0.05, 0.1) is 6.61 Å². The number of nitrogens with one attached hydrogen (secondary N) is 1. The maximum absolute atomic E-state index is 5.89. The Morgan fingerprint density at radius 1 is 1.16 bits per heavy atom. The molecule has 0 spiro atoms. The minimum atomic E-state index is 0.719. The highest BCUT2D eigenvalue weighted by Crippen LogP contribution is 2.31. The minimum Gasteiger partial charge on any atom is -0.493 e. The van der Waals surface area contributed by atoms with Gasteiger partial charge in [-0.25, -0.2) is 0 Å². The lowest BCUT2D eigenvalue weighted by molar-refractivity contribution is 0.313. The number of hydrogen-bond acceptors (Lipinski definition) is 4. The zero-order valence-electron chi connectivity index (χ0n) is 11.0. The van der Waals surface area contributed by atoms with Crippen LogP contribution in [-0.2, 0) is 0 Å². The maximum Gasteiger partial charge on any atom is 0.128 e. The first-order valence-corrected chi connectivity index (χ1v) is 7.51. The summed E-state index contributed by atoms with van der Waals surface area (Å²) >= 11 is 8.64. The molecular weight excluding hydrogens is 274 g/mol. The molecule has 0 amide bonds. The third-order valence-corrected chi connectivity index (χ3v) is 3.57. The molecule has 19 heavy (non-hydrogen) atoms. The van der Waals surface area contributed by atoms with Crippen molar-refractivity contribution < 1.29 is 4.74 Å². The third-order valence-electron chi connectivity index (χ3n) is 3.00. The van der Waals surface area contributed by atoms with Crippen LogP contribution < -0.4 is 10.1 Å². The monoisotopic (exact) mass is 293 g/mol. The Labute approximate surface area is 125 Å². The van der Waals surface area contributed by atoms with E-state index in [4.69, 9.17) is 4.74 Å². The molecule has 0 saturated carbocycles. The predicted molar refractivity (Wildman–Crippen MR) is 89.3 cm³/mol. The summed E-state index contributed by atoms with van der Waals surface area (Å²) in [7, 11) is 1.92. The molecule has 4 heteroatoms. The highest BCUT2D eigenvalue weighted by atomic mass is 32.1. The highest BCUT2D eigenvalue weighted by molar-refractivity contribution is 7.80. The standard InChI is InChI=1S/C15H19NOS2/c1-16-12-5-4-11-8-13(19)10-15(14(11)9-12)17-6-2-3-7-18/h4-5,8-10,16,18-19H,2-3,6-7H2,1H3. The van der Waals surface area contributed by atoms with Gasteiger partial charge in [0.1, 0.15) is 5.75 Å². The number of fused-ring (bicyclic) bond motifs is 1. The van der Waals surface area contributed by atoms with Gasteiger partial charge in [0.2, 0.25) is 0 Å². The number of unbranched alkanes of at least 4 members (excludes halogenated alkanes) is 1. The van der Waals surface area contributed by atoms with E-state index in [-0.39, 0.29) is 0 Å². The summed E-state index contributed by atoms with van der Waals surface area (Å²) in [5.74, 6) is 1.81. The van der Waals surface area contributed by atoms with Crippen LogP contribution in [0.1, 0.15) is 12.8 Å². The van der Waals surface area contributed by atoms with E-state index in [0.717, 1.165) is 52.3 Å². The minimum absolute atomic E-state index is 0.719. The summed E-state index contributed by atoms with van der Waals surface area (Å²) in [6.07, 6.45) is 2.09. The topological polar surface area (TPSA) is 21.3 Å². The molecule has 0 bridgehead atoms. The Morgan fingerprint density at radius 2 is 2.00 bits per heavy atom. The Morgan fingerprint density at radius 3 is 2.74 bits per heavy atom. The molecular formula is C15H19NOS2. The summed E-state index contributed by atoms with van der Waals surface area (Å²) in [5.41, 5.74) is 1.08. The van der Waals surface area contributed by atoms with Crippen molar-refractivity contribution in [2.45, 2.75) is 17.7 Å². The van der Waals surface area contributed by atoms with Crippen LogP contribution in [0.2, 0.25) is 0 Å². The van der Waals surface area contributed by atoms with Crippen LogP contribution in [0.5, 0.6) is 5.75 Å². The van der Waals surface area contributed by atoms with Gasteiger partial charge >= 0.3 is 0 Å². The Kier molecular flexibility index (Phi) is 5.28. The molecule has 0 aliphatic carbocycles. The fraction of sp³-hybridized carbons (Fsp3) is 0.333. The molecule has 102 valence electrons. The molecule has 0 aromatic heterocycles. The van der Waals surface area contributed by atoms with E-state index in [1.54, 1.807) is 0 Å². The van der Waals surface area contributed by atoms with Gasteiger partial charge in [-0.1, -0.05) is 6.07 Å². The van der Waals surface area contributed by atoms with E-state index in [1.807, 2.05) is 13.1 Å². The van der Waals surface area contributed by atoms with Crippen LogP contribution in [-0.4, -0.2) is 19.4 Å². The van der Waals surface area contributed by atoms with Crippen molar-refractivity contribution in [2.24, 2.45) is 0 Å². The van der Waals surface area contributed by atoms with Crippen LogP contribution in [0.15, 0.2) is 35.2 Å². The van der Waals surface area contributed by atoms with Gasteiger partial charge in [-0.3, -0.25) is 0 Å². The summed E-state index contributed by atoms with van der Waals surface area (Å²) in [6.45, 7) is 0.719. The maximum atomic E-state index is 5.89. The Hall–Kier alpha value is -1.00. The molecule has 0 heterocycles. The smallest absolute Gasteiger partial charge is 0.128 e. The third kappa shape index (κ3) is 3.74. The first-order chi connectivity index (χ1) is 9.24. The van der Waals surface area contributed by atoms with Crippen molar-refractivity contribution in [3.05, 3.63) is 30.3 Å². The van der Waals surface area contributed by atoms with Crippen molar-refractivity contribution >= 4 is 41.7 Å². The molecule has 0 aliphatic heterocycles. The molecule has 2 aromatic rings. The quantitative estimate of drug-likeness (QED) is 0.547. The number of rotatable bonds is 6. The van der Waals surface area contributed by atoms with E-state index in [0.29, 0.717) is 0 Å². The van der Waals surface area contributed by atoms with Crippen LogP contribution in [0.4, 0.5) is 5.69 Å². The normalized spacial score (nSPS) is 10.7. The van der Waals surface area contributed by atoms with E-state index >= 15 is 0 Å². The Bertz CT molecular complexity index is 557. The number of benzene rings is 2. The highest BCUT2D eigenvalue weighted by Gasteiger charge is 2.05. The average molecular weight is 293 g/mol. The Balaban J connectivity index is 2.28. The van der Waals surface area contributed by atoms with Crippen molar-refractivity contribution in [3.63, 3.8) is 0 Å². The first kappa shape index (κ1) is 14.4. The van der Waals surface area contributed by atoms with Gasteiger partial charge in [-0.2, -0.15) is 12.6 Å². The predicted octanol–water partition coefficient (Wildman–Crippen LogP) is 4.26. The van der Waals surface area contributed by atoms with E-state index in [9.17, 15) is 0 Å². The van der Waals surface area contributed by atoms with E-state index in [1.165, 1.54) is 0 Å². The summed E-state index contributed by atoms with van der Waals surface area (Å²) in [4.78, 5) is 0.925. The zero-order valence-corrected chi connectivity index (χ0v) is 12.8. The van der Waals surface area contributed by atoms with Crippen molar-refractivity contribution in [3.8, 4) is 5.75 Å². The zero-order chi connectivity index (χ0) is 13.7. The number of anilines is 1. The fourth-order valence-corrected chi connectivity index (χ4v) is 2.46. The van der Waals surface area contributed by atoms with Crippen molar-refractivity contribution in [1.82, 2.24) is 0 Å². The van der Waals surface area contributed by atoms with Gasteiger partial charge in [-0.15, -0.1) is 12.6 Å². The lowest BCUT2D eigenvalue weighted by Crippen LogP contribution is -1.98. The summed E-state index contributed by atoms with van der Waals surface area (Å²) < 4.78 is 5.89. The second-order valence-corrected chi connectivity index (χ2v) is 5.37. The molecule has 0 fully saturated rings. The van der Waals surface area contributed by atoms with E-state index in [2.05, 4.69) is 54.8 Å². The van der Waals surface area contributed by atoms with Gasteiger partial charge in [-0.05, 0) is 48.2 Å². The lowest BCUT2D eigenvalue weighted by atomic mass is 10.1. The molecule has 2 rings (SSSR count). The number of ether oxygens (including phenoxy) is 1. The SMILES string of the molecule is CNc1ccc2cc(S)cc(OCCCCS)c2c1. The molecule has 0 saturated heterocycles. The largest absolute Gasteiger partial charge is 0.493 e. The lowest BCUT2D eigenvalue weighted by Gasteiger charge is -2.11. The van der Waals surface area contributed by atoms with Gasteiger partial charge in [0.25, 0.3) is 0 Å². The second-order valence-electron chi connectivity index (χ2n) is 4.41. The van der Waals surface area contributed by atoms with Gasteiger partial charge < -0.3 is 10.1 Å². The van der Waals surface area contributed by atoms with Crippen LogP contribution in [0, 0.1) is 0 Å². The molecule has 2 aromatic carbocycles. The van der Waals surface area contributed by atoms with Crippen molar-refractivity contribution in [1.29, 1.82) is 0 Å². The summed E-state index contributed by atoms with van der Waals surface area (Å²) in [6, 6.07) is 10.3. The molecule has 0 aliphatic rings. The second kappa shape index (κ2) is 6.96. The van der Waals surface area contributed by atoms with E-state index < -0.39 is 0 Å². The van der Waals surface area contributed by atoms with Gasteiger partial charge in [0, 0.05) is 23.0 Å². The molecule has 0 atom stereocenters. The van der Waals surface area contributed by atoms with Crippen LogP contribution >= 0.6 is 25.3 Å². The van der Waals surface area contributed by atoms with Crippen LogP contribution in [0.25, 0.3) is 10.8 Å². The number of hydrogen-bond donors (Lipinski definition) is 3. The fourth-order valence-electron chi connectivity index (χ4n) is 1.98. The molecule has 0 radical (unpaired) electrons.